The predicted molar refractivity (Wildman–Crippen MR) is 134 cm³/mol. The molecule has 5 nitrogen and oxygen atoms in total. The normalized spacial score (nSPS) is 15.3. The van der Waals surface area contributed by atoms with E-state index in [2.05, 4.69) is 11.8 Å². The lowest BCUT2D eigenvalue weighted by Crippen LogP contribution is -2.41. The quantitative estimate of drug-likeness (QED) is 0.455. The number of hydrogen-bond donors (Lipinski definition) is 0. The van der Waals surface area contributed by atoms with Crippen molar-refractivity contribution in [1.82, 2.24) is 4.90 Å². The van der Waals surface area contributed by atoms with Crippen molar-refractivity contribution >= 4 is 15.7 Å². The van der Waals surface area contributed by atoms with E-state index in [1.807, 2.05) is 54.6 Å². The van der Waals surface area contributed by atoms with Crippen LogP contribution in [0.15, 0.2) is 83.8 Å². The summed E-state index contributed by atoms with van der Waals surface area (Å²) in [6, 6.07) is 24.3. The number of piperidine rings is 1. The molecule has 0 spiro atoms. The van der Waals surface area contributed by atoms with E-state index in [0.29, 0.717) is 28.8 Å². The Bertz CT molecular complexity index is 1140. The van der Waals surface area contributed by atoms with Crippen LogP contribution in [-0.2, 0) is 10.0 Å². The lowest BCUT2D eigenvalue weighted by Gasteiger charge is -2.35. The van der Waals surface area contributed by atoms with Gasteiger partial charge in [-0.05, 0) is 74.3 Å². The summed E-state index contributed by atoms with van der Waals surface area (Å²) in [5, 5.41) is 0. The average Bonchev–Trinajstić information content (AvgIpc) is 2.88. The van der Waals surface area contributed by atoms with Gasteiger partial charge in [-0.15, -0.1) is 0 Å². The molecule has 1 fully saturated rings. The van der Waals surface area contributed by atoms with Gasteiger partial charge in [0.25, 0.3) is 10.0 Å². The van der Waals surface area contributed by atoms with Crippen LogP contribution in [0.3, 0.4) is 0 Å². The van der Waals surface area contributed by atoms with Crippen LogP contribution in [0.2, 0.25) is 0 Å². The van der Waals surface area contributed by atoms with Gasteiger partial charge in [-0.2, -0.15) is 0 Å². The first-order chi connectivity index (χ1) is 16.0. The second kappa shape index (κ2) is 10.4. The second-order valence-corrected chi connectivity index (χ2v) is 10.3. The summed E-state index contributed by atoms with van der Waals surface area (Å²) in [7, 11) is -2.12. The molecule has 0 unspecified atom stereocenters. The van der Waals surface area contributed by atoms with Gasteiger partial charge in [0, 0.05) is 12.1 Å². The molecule has 0 radical (unpaired) electrons. The van der Waals surface area contributed by atoms with E-state index >= 15 is 0 Å². The van der Waals surface area contributed by atoms with Crippen LogP contribution in [0, 0.1) is 5.92 Å². The first-order valence-corrected chi connectivity index (χ1v) is 13.0. The van der Waals surface area contributed by atoms with Crippen LogP contribution in [0.1, 0.15) is 19.8 Å². The zero-order chi connectivity index (χ0) is 23.3. The Morgan fingerprint density at radius 2 is 1.58 bits per heavy atom. The topological polar surface area (TPSA) is 49.9 Å². The summed E-state index contributed by atoms with van der Waals surface area (Å²) in [6.45, 7) is 5.69. The highest BCUT2D eigenvalue weighted by molar-refractivity contribution is 7.92. The van der Waals surface area contributed by atoms with Gasteiger partial charge in [-0.1, -0.05) is 55.5 Å². The lowest BCUT2D eigenvalue weighted by atomic mass is 9.96. The number of sulfonamides is 1. The first-order valence-electron chi connectivity index (χ1n) is 11.6. The highest BCUT2D eigenvalue weighted by Crippen LogP contribution is 2.38. The molecule has 0 aliphatic carbocycles. The smallest absolute Gasteiger partial charge is 0.264 e. The summed E-state index contributed by atoms with van der Waals surface area (Å²) < 4.78 is 35.0. The minimum Gasteiger partial charge on any atom is -0.497 e. The largest absolute Gasteiger partial charge is 0.497 e. The van der Waals surface area contributed by atoms with Crippen molar-refractivity contribution in [3.8, 4) is 16.9 Å². The standard InChI is InChI=1S/C27H32N2O3S/c1-3-28-18-16-22(17-19-28)21-29(33(30,31)25-12-8-5-9-13-25)27-15-14-24(32-2)20-26(27)23-10-6-4-7-11-23/h4-15,20,22H,3,16-19,21H2,1-2H3. The Morgan fingerprint density at radius 1 is 0.939 bits per heavy atom. The third-order valence-electron chi connectivity index (χ3n) is 6.47. The molecule has 174 valence electrons. The van der Waals surface area contributed by atoms with Gasteiger partial charge in [0.05, 0.1) is 17.7 Å². The predicted octanol–water partition coefficient (Wildman–Crippen LogP) is 5.29. The maximum absolute atomic E-state index is 13.9. The molecule has 0 saturated carbocycles. The van der Waals surface area contributed by atoms with Crippen molar-refractivity contribution < 1.29 is 13.2 Å². The van der Waals surface area contributed by atoms with Gasteiger partial charge >= 0.3 is 0 Å². The summed E-state index contributed by atoms with van der Waals surface area (Å²) in [5.74, 6) is 1.00. The molecule has 0 aromatic heterocycles. The number of rotatable bonds is 8. The molecule has 0 N–H and O–H groups in total. The molecule has 1 saturated heterocycles. The molecule has 6 heteroatoms. The Labute approximate surface area is 197 Å². The van der Waals surface area contributed by atoms with Crippen LogP contribution in [0.4, 0.5) is 5.69 Å². The molecular formula is C27H32N2O3S. The maximum atomic E-state index is 13.9. The van der Waals surface area contributed by atoms with Gasteiger partial charge in [-0.25, -0.2) is 8.42 Å². The molecule has 1 aliphatic heterocycles. The Balaban J connectivity index is 1.80. The summed E-state index contributed by atoms with van der Waals surface area (Å²) >= 11 is 0. The van der Waals surface area contributed by atoms with Crippen LogP contribution in [-0.4, -0.2) is 46.6 Å². The van der Waals surface area contributed by atoms with Crippen molar-refractivity contribution in [2.45, 2.75) is 24.7 Å². The highest BCUT2D eigenvalue weighted by Gasteiger charge is 2.31. The van der Waals surface area contributed by atoms with Crippen LogP contribution < -0.4 is 9.04 Å². The minimum atomic E-state index is -3.74. The number of likely N-dealkylation sites (tertiary alicyclic amines) is 1. The number of anilines is 1. The third-order valence-corrected chi connectivity index (χ3v) is 8.26. The van der Waals surface area contributed by atoms with Crippen molar-refractivity contribution in [2.24, 2.45) is 5.92 Å². The minimum absolute atomic E-state index is 0.303. The van der Waals surface area contributed by atoms with E-state index in [-0.39, 0.29) is 0 Å². The van der Waals surface area contributed by atoms with Crippen molar-refractivity contribution in [3.63, 3.8) is 0 Å². The molecule has 1 aliphatic rings. The Hall–Kier alpha value is -2.83. The molecule has 3 aromatic carbocycles. The zero-order valence-corrected chi connectivity index (χ0v) is 20.2. The molecule has 0 atom stereocenters. The summed E-state index contributed by atoms with van der Waals surface area (Å²) in [4.78, 5) is 2.74. The number of hydrogen-bond acceptors (Lipinski definition) is 4. The maximum Gasteiger partial charge on any atom is 0.264 e. The molecule has 33 heavy (non-hydrogen) atoms. The zero-order valence-electron chi connectivity index (χ0n) is 19.4. The van der Waals surface area contributed by atoms with Gasteiger partial charge in [0.2, 0.25) is 0 Å². The summed E-state index contributed by atoms with van der Waals surface area (Å²) in [6.07, 6.45) is 1.98. The van der Waals surface area contributed by atoms with E-state index in [9.17, 15) is 8.42 Å². The number of nitrogens with zero attached hydrogens (tertiary/aromatic N) is 2. The number of methoxy groups -OCH3 is 1. The van der Waals surface area contributed by atoms with Crippen LogP contribution in [0.5, 0.6) is 5.75 Å². The van der Waals surface area contributed by atoms with Crippen LogP contribution >= 0.6 is 0 Å². The van der Waals surface area contributed by atoms with Gasteiger partial charge in [-0.3, -0.25) is 4.31 Å². The molecule has 0 amide bonds. The molecular weight excluding hydrogens is 432 g/mol. The molecule has 3 aromatic rings. The van der Waals surface area contributed by atoms with E-state index in [4.69, 9.17) is 4.74 Å². The average molecular weight is 465 g/mol. The fraction of sp³-hybridized carbons (Fsp3) is 0.333. The van der Waals surface area contributed by atoms with Crippen molar-refractivity contribution in [2.75, 3.05) is 37.6 Å². The highest BCUT2D eigenvalue weighted by atomic mass is 32.2. The number of benzene rings is 3. The van der Waals surface area contributed by atoms with E-state index in [1.54, 1.807) is 35.7 Å². The fourth-order valence-corrected chi connectivity index (χ4v) is 6.05. The molecule has 1 heterocycles. The molecule has 4 rings (SSSR count). The van der Waals surface area contributed by atoms with Gasteiger partial charge in [0.1, 0.15) is 5.75 Å². The SMILES string of the molecule is CCN1CCC(CN(c2ccc(OC)cc2-c2ccccc2)S(=O)(=O)c2ccccc2)CC1. The van der Waals surface area contributed by atoms with E-state index in [0.717, 1.165) is 43.6 Å². The van der Waals surface area contributed by atoms with Crippen molar-refractivity contribution in [1.29, 1.82) is 0 Å². The lowest BCUT2D eigenvalue weighted by molar-refractivity contribution is 0.196. The number of ether oxygens (including phenoxy) is 1. The van der Waals surface area contributed by atoms with Gasteiger partial charge in [0.15, 0.2) is 0 Å². The van der Waals surface area contributed by atoms with E-state index in [1.165, 1.54) is 0 Å². The Kier molecular flexibility index (Phi) is 7.36. The molecule has 0 bridgehead atoms. The third kappa shape index (κ3) is 5.23. The van der Waals surface area contributed by atoms with Crippen molar-refractivity contribution in [3.05, 3.63) is 78.9 Å². The monoisotopic (exact) mass is 464 g/mol. The fourth-order valence-electron chi connectivity index (χ4n) is 4.47. The van der Waals surface area contributed by atoms with E-state index < -0.39 is 10.0 Å². The Morgan fingerprint density at radius 3 is 2.18 bits per heavy atom. The second-order valence-electron chi connectivity index (χ2n) is 8.48. The first kappa shape index (κ1) is 23.3. The van der Waals surface area contributed by atoms with Crippen LogP contribution in [0.25, 0.3) is 11.1 Å². The summed E-state index contributed by atoms with van der Waals surface area (Å²) in [5.41, 5.74) is 2.49. The van der Waals surface area contributed by atoms with Gasteiger partial charge < -0.3 is 9.64 Å².